The molecule has 180 valence electrons. The average molecular weight is 515 g/mol. The number of nitrogens with two attached hydrogens (primary N) is 1. The Labute approximate surface area is 206 Å². The van der Waals surface area contributed by atoms with Crippen molar-refractivity contribution in [1.29, 1.82) is 0 Å². The second-order valence-electron chi connectivity index (χ2n) is 7.25. The average Bonchev–Trinajstić information content (AvgIpc) is 3.26. The minimum absolute atomic E-state index is 0.0696. The first-order chi connectivity index (χ1) is 16.8. The van der Waals surface area contributed by atoms with Crippen molar-refractivity contribution in [3.63, 3.8) is 0 Å². The van der Waals surface area contributed by atoms with Gasteiger partial charge in [0.15, 0.2) is 10.8 Å². The van der Waals surface area contributed by atoms with E-state index in [1.807, 2.05) is 6.07 Å². The van der Waals surface area contributed by atoms with Gasteiger partial charge in [0.25, 0.3) is 11.8 Å². The number of rotatable bonds is 7. The van der Waals surface area contributed by atoms with E-state index in [2.05, 4.69) is 25.3 Å². The number of aliphatic carboxylic acids is 1. The van der Waals surface area contributed by atoms with Gasteiger partial charge in [0.2, 0.25) is 0 Å². The molecule has 2 aromatic heterocycles. The number of hydrogen-bond acceptors (Lipinski definition) is 11. The maximum Gasteiger partial charge on any atom is 0.352 e. The van der Waals surface area contributed by atoms with Gasteiger partial charge in [-0.3, -0.25) is 19.5 Å². The Morgan fingerprint density at radius 2 is 2.17 bits per heavy atom. The molecule has 4 heterocycles. The van der Waals surface area contributed by atoms with Crippen LogP contribution in [0.4, 0.5) is 5.13 Å². The molecule has 4 rings (SSSR count). The third-order valence-corrected chi connectivity index (χ3v) is 6.87. The zero-order chi connectivity index (χ0) is 25.1. The Kier molecular flexibility index (Phi) is 6.93. The van der Waals surface area contributed by atoms with Crippen LogP contribution in [0.25, 0.3) is 6.08 Å². The fourth-order valence-electron chi connectivity index (χ4n) is 3.36. The summed E-state index contributed by atoms with van der Waals surface area (Å²) in [4.78, 5) is 62.7. The predicted octanol–water partition coefficient (Wildman–Crippen LogP) is 0.839. The summed E-state index contributed by atoms with van der Waals surface area (Å²) >= 11 is 2.36. The van der Waals surface area contributed by atoms with Crippen LogP contribution in [0.5, 0.6) is 0 Å². The van der Waals surface area contributed by atoms with Crippen LogP contribution >= 0.6 is 23.1 Å². The number of amides is 2. The Morgan fingerprint density at radius 1 is 1.37 bits per heavy atom. The van der Waals surface area contributed by atoms with Gasteiger partial charge < -0.3 is 21.0 Å². The number of hydrogen-bond donors (Lipinski definition) is 3. The van der Waals surface area contributed by atoms with E-state index in [1.54, 1.807) is 30.6 Å². The summed E-state index contributed by atoms with van der Waals surface area (Å²) in [6.45, 7) is 1.11. The second kappa shape index (κ2) is 10.1. The van der Waals surface area contributed by atoms with E-state index in [0.29, 0.717) is 11.3 Å². The molecule has 1 saturated heterocycles. The Hall–Kier alpha value is -4.04. The van der Waals surface area contributed by atoms with Crippen molar-refractivity contribution < 1.29 is 29.1 Å². The molecular weight excluding hydrogens is 496 g/mol. The topological polar surface area (TPSA) is 177 Å². The molecule has 0 aromatic carbocycles. The number of nitrogens with zero attached hydrogens (tertiary/aromatic N) is 4. The molecular formula is C21H18N6O6S2. The minimum atomic E-state index is -1.26. The first-order valence-electron chi connectivity index (χ1n) is 10.0. The molecule has 2 aliphatic rings. The van der Waals surface area contributed by atoms with Crippen molar-refractivity contribution in [3.05, 3.63) is 58.5 Å². The number of thioether (sulfide) groups is 1. The lowest BCUT2D eigenvalue weighted by Crippen LogP contribution is -2.71. The molecule has 1 fully saturated rings. The van der Waals surface area contributed by atoms with Crippen molar-refractivity contribution in [1.82, 2.24) is 20.2 Å². The number of carboxylic acid groups (broad SMARTS) is 1. The van der Waals surface area contributed by atoms with Crippen LogP contribution in [0.1, 0.15) is 18.2 Å². The number of anilines is 1. The van der Waals surface area contributed by atoms with Crippen LogP contribution in [0.2, 0.25) is 0 Å². The standard InChI is InChI=1S/C21H18N6O6S2/c1-10(28)33-26-14(13-9-35-21(22)24-13)17(29)25-15-18(30)27-16(20(31)32)12(8-34-19(15)27)5-4-11-3-2-6-23-7-11/h2-7,9,15,19H,8H2,1H3,(H2,22,24)(H,25,29)(H,31,32)/b5-4-,26-14+/t15-,19-/m1/s1. The second-order valence-corrected chi connectivity index (χ2v) is 9.25. The van der Waals surface area contributed by atoms with Crippen LogP contribution in [0.15, 0.2) is 52.4 Å². The fourth-order valence-corrected chi connectivity index (χ4v) is 5.23. The number of aromatic nitrogens is 2. The lowest BCUT2D eigenvalue weighted by Gasteiger charge is -2.49. The molecule has 0 aliphatic carbocycles. The molecule has 2 amide bonds. The van der Waals surface area contributed by atoms with E-state index in [9.17, 15) is 24.3 Å². The van der Waals surface area contributed by atoms with E-state index in [1.165, 1.54) is 17.1 Å². The maximum absolute atomic E-state index is 12.9. The van der Waals surface area contributed by atoms with Gasteiger partial charge in [-0.2, -0.15) is 0 Å². The third-order valence-electron chi connectivity index (χ3n) is 4.89. The van der Waals surface area contributed by atoms with E-state index in [0.717, 1.165) is 28.7 Å². The summed E-state index contributed by atoms with van der Waals surface area (Å²) in [5.41, 5.74) is 6.43. The van der Waals surface area contributed by atoms with Gasteiger partial charge in [-0.15, -0.1) is 23.1 Å². The molecule has 2 aliphatic heterocycles. The molecule has 0 radical (unpaired) electrons. The number of carbonyl (C=O) groups excluding carboxylic acids is 3. The van der Waals surface area contributed by atoms with Gasteiger partial charge in [-0.05, 0) is 17.2 Å². The lowest BCUT2D eigenvalue weighted by atomic mass is 10.0. The minimum Gasteiger partial charge on any atom is -0.477 e. The number of β-lactam (4-membered cyclic amide) rings is 1. The largest absolute Gasteiger partial charge is 0.477 e. The Balaban J connectivity index is 1.54. The highest BCUT2D eigenvalue weighted by molar-refractivity contribution is 8.00. The molecule has 12 nitrogen and oxygen atoms in total. The zero-order valence-electron chi connectivity index (χ0n) is 18.1. The summed E-state index contributed by atoms with van der Waals surface area (Å²) in [7, 11) is 0. The molecule has 0 spiro atoms. The molecule has 0 saturated carbocycles. The van der Waals surface area contributed by atoms with E-state index in [-0.39, 0.29) is 22.2 Å². The SMILES string of the molecule is CC(=O)O/N=C(/C(=O)N[C@@H]1C(=O)N2C(C(=O)O)=C(/C=C\c3cccnc3)CS[C@H]12)c1csc(N)n1. The highest BCUT2D eigenvalue weighted by Crippen LogP contribution is 2.40. The monoisotopic (exact) mass is 514 g/mol. The molecule has 0 bridgehead atoms. The third kappa shape index (κ3) is 5.07. The maximum atomic E-state index is 12.9. The number of carboxylic acids is 1. The molecule has 14 heteroatoms. The van der Waals surface area contributed by atoms with Gasteiger partial charge in [0.1, 0.15) is 22.8 Å². The number of pyridine rings is 1. The normalized spacial score (nSPS) is 19.9. The highest BCUT2D eigenvalue weighted by atomic mass is 32.2. The van der Waals surface area contributed by atoms with Crippen LogP contribution in [-0.2, 0) is 24.0 Å². The molecule has 0 unspecified atom stereocenters. The smallest absolute Gasteiger partial charge is 0.352 e. The van der Waals surface area contributed by atoms with E-state index >= 15 is 0 Å². The molecule has 4 N–H and O–H groups in total. The first kappa shape index (κ1) is 24.1. The quantitative estimate of drug-likeness (QED) is 0.208. The van der Waals surface area contributed by atoms with Crippen molar-refractivity contribution in [3.8, 4) is 0 Å². The Bertz CT molecular complexity index is 1290. The van der Waals surface area contributed by atoms with E-state index in [4.69, 9.17) is 5.73 Å². The number of oxime groups is 1. The van der Waals surface area contributed by atoms with Gasteiger partial charge in [0, 0.05) is 30.5 Å². The first-order valence-corrected chi connectivity index (χ1v) is 12.0. The number of thiazole rings is 1. The number of fused-ring (bicyclic) bond motifs is 1. The van der Waals surface area contributed by atoms with Crippen LogP contribution in [0, 0.1) is 0 Å². The molecule has 2 atom stereocenters. The van der Waals surface area contributed by atoms with Crippen molar-refractivity contribution >= 4 is 63.8 Å². The highest BCUT2D eigenvalue weighted by Gasteiger charge is 2.54. The van der Waals surface area contributed by atoms with E-state index < -0.39 is 35.2 Å². The van der Waals surface area contributed by atoms with Crippen molar-refractivity contribution in [2.75, 3.05) is 11.5 Å². The zero-order valence-corrected chi connectivity index (χ0v) is 19.7. The number of allylic oxidation sites excluding steroid dienone is 1. The van der Waals surface area contributed by atoms with Gasteiger partial charge in [-0.1, -0.05) is 23.4 Å². The Morgan fingerprint density at radius 3 is 2.80 bits per heavy atom. The summed E-state index contributed by atoms with van der Waals surface area (Å²) in [5.74, 6) is -3.12. The van der Waals surface area contributed by atoms with Crippen LogP contribution < -0.4 is 11.1 Å². The lowest BCUT2D eigenvalue weighted by molar-refractivity contribution is -0.150. The summed E-state index contributed by atoms with van der Waals surface area (Å²) < 4.78 is 0. The molecule has 2 aromatic rings. The van der Waals surface area contributed by atoms with Crippen molar-refractivity contribution in [2.45, 2.75) is 18.3 Å². The van der Waals surface area contributed by atoms with Crippen molar-refractivity contribution in [2.24, 2.45) is 5.16 Å². The fraction of sp³-hybridized carbons (Fsp3) is 0.190. The number of nitrogen functional groups attached to an aromatic ring is 1. The molecule has 35 heavy (non-hydrogen) atoms. The summed E-state index contributed by atoms with van der Waals surface area (Å²) in [6.07, 6.45) is 6.60. The van der Waals surface area contributed by atoms with Gasteiger partial charge in [-0.25, -0.2) is 14.6 Å². The number of nitrogens with one attached hydrogen (secondary N) is 1. The summed E-state index contributed by atoms with van der Waals surface area (Å²) in [5, 5.41) is 16.9. The van der Waals surface area contributed by atoms with Crippen LogP contribution in [-0.4, -0.2) is 66.6 Å². The number of carbonyl (C=O) groups is 4. The van der Waals surface area contributed by atoms with Gasteiger partial charge >= 0.3 is 11.9 Å². The predicted molar refractivity (Wildman–Crippen MR) is 128 cm³/mol. The van der Waals surface area contributed by atoms with Crippen LogP contribution in [0.3, 0.4) is 0 Å². The summed E-state index contributed by atoms with van der Waals surface area (Å²) in [6, 6.07) is 2.56. The van der Waals surface area contributed by atoms with Gasteiger partial charge in [0.05, 0.1) is 0 Å².